The highest BCUT2D eigenvalue weighted by Gasteiger charge is 2.27. The number of anilines is 1. The van der Waals surface area contributed by atoms with Gasteiger partial charge in [0.25, 0.3) is 10.0 Å². The number of hydrogen-bond acceptors (Lipinski definition) is 2. The molecule has 0 aromatic heterocycles. The zero-order chi connectivity index (χ0) is 19.6. The Balaban J connectivity index is 2.16. The topological polar surface area (TPSA) is 37.4 Å². The van der Waals surface area contributed by atoms with Crippen molar-refractivity contribution < 1.29 is 8.42 Å². The van der Waals surface area contributed by atoms with Gasteiger partial charge in [-0.05, 0) is 68.1 Å². The first-order valence-electron chi connectivity index (χ1n) is 9.01. The van der Waals surface area contributed by atoms with Crippen molar-refractivity contribution in [3.8, 4) is 0 Å². The van der Waals surface area contributed by atoms with Crippen LogP contribution in [0, 0.1) is 27.7 Å². The average Bonchev–Trinajstić information content (AvgIpc) is 2.64. The minimum Gasteiger partial charge on any atom is -0.262 e. The Kier molecular flexibility index (Phi) is 5.38. The maximum absolute atomic E-state index is 13.5. The predicted molar refractivity (Wildman–Crippen MR) is 112 cm³/mol. The minimum atomic E-state index is -3.69. The van der Waals surface area contributed by atoms with Crippen molar-refractivity contribution in [2.24, 2.45) is 0 Å². The normalized spacial score (nSPS) is 11.4. The molecule has 0 aliphatic carbocycles. The molecule has 140 valence electrons. The summed E-state index contributed by atoms with van der Waals surface area (Å²) in [6.45, 7) is 8.23. The van der Waals surface area contributed by atoms with Crippen LogP contribution in [0.1, 0.15) is 27.8 Å². The molecule has 0 unspecified atom stereocenters. The third-order valence-electron chi connectivity index (χ3n) is 5.03. The molecule has 0 aliphatic rings. The molecule has 0 heterocycles. The summed E-state index contributed by atoms with van der Waals surface area (Å²) < 4.78 is 28.6. The molecule has 0 bridgehead atoms. The molecule has 0 saturated carbocycles. The first-order valence-corrected chi connectivity index (χ1v) is 10.4. The standard InChI is InChI=1S/C23H25NO2S/c1-17-12-14-22(15-13-17)27(25,26)24(16-21-10-6-5-8-19(21)3)23-11-7-9-18(2)20(23)4/h5-15H,16H2,1-4H3. The summed E-state index contributed by atoms with van der Waals surface area (Å²) in [6, 6.07) is 20.7. The van der Waals surface area contributed by atoms with Gasteiger partial charge in [0.1, 0.15) is 0 Å². The molecule has 0 amide bonds. The quantitative estimate of drug-likeness (QED) is 0.602. The Morgan fingerprint density at radius 3 is 2.04 bits per heavy atom. The second-order valence-electron chi connectivity index (χ2n) is 6.97. The van der Waals surface area contributed by atoms with Crippen LogP contribution in [0.3, 0.4) is 0 Å². The van der Waals surface area contributed by atoms with Gasteiger partial charge in [0.2, 0.25) is 0 Å². The molecule has 3 nitrogen and oxygen atoms in total. The molecule has 0 radical (unpaired) electrons. The van der Waals surface area contributed by atoms with Crippen molar-refractivity contribution in [2.45, 2.75) is 39.1 Å². The van der Waals surface area contributed by atoms with Gasteiger partial charge in [0, 0.05) is 0 Å². The first-order chi connectivity index (χ1) is 12.8. The highest BCUT2D eigenvalue weighted by Crippen LogP contribution is 2.31. The van der Waals surface area contributed by atoms with Gasteiger partial charge in [0.05, 0.1) is 17.1 Å². The Hall–Kier alpha value is -2.59. The maximum Gasteiger partial charge on any atom is 0.264 e. The molecule has 0 saturated heterocycles. The van der Waals surface area contributed by atoms with E-state index < -0.39 is 10.0 Å². The molecular weight excluding hydrogens is 354 g/mol. The summed E-state index contributed by atoms with van der Waals surface area (Å²) in [5.41, 5.74) is 5.87. The molecule has 3 rings (SSSR count). The average molecular weight is 380 g/mol. The second-order valence-corrected chi connectivity index (χ2v) is 8.83. The molecular formula is C23H25NO2S. The van der Waals surface area contributed by atoms with E-state index in [-0.39, 0.29) is 0 Å². The van der Waals surface area contributed by atoms with Crippen LogP contribution in [0.2, 0.25) is 0 Å². The number of rotatable bonds is 5. The van der Waals surface area contributed by atoms with Gasteiger partial charge in [-0.2, -0.15) is 0 Å². The number of sulfonamides is 1. The Morgan fingerprint density at radius 2 is 1.37 bits per heavy atom. The predicted octanol–water partition coefficient (Wildman–Crippen LogP) is 5.32. The summed E-state index contributed by atoms with van der Waals surface area (Å²) in [7, 11) is -3.69. The summed E-state index contributed by atoms with van der Waals surface area (Å²) in [6.07, 6.45) is 0. The van der Waals surface area contributed by atoms with Crippen LogP contribution in [-0.4, -0.2) is 8.42 Å². The third-order valence-corrected chi connectivity index (χ3v) is 6.80. The SMILES string of the molecule is Cc1ccc(S(=O)(=O)N(Cc2ccccc2C)c2cccc(C)c2C)cc1. The molecule has 27 heavy (non-hydrogen) atoms. The zero-order valence-corrected chi connectivity index (χ0v) is 17.0. The third kappa shape index (κ3) is 3.91. The Bertz CT molecular complexity index is 1050. The lowest BCUT2D eigenvalue weighted by atomic mass is 10.1. The largest absolute Gasteiger partial charge is 0.264 e. The molecule has 4 heteroatoms. The van der Waals surface area contributed by atoms with E-state index >= 15 is 0 Å². The van der Waals surface area contributed by atoms with Crippen molar-refractivity contribution in [3.63, 3.8) is 0 Å². The van der Waals surface area contributed by atoms with E-state index in [0.717, 1.165) is 33.5 Å². The summed E-state index contributed by atoms with van der Waals surface area (Å²) in [5.74, 6) is 0. The molecule has 0 aliphatic heterocycles. The summed E-state index contributed by atoms with van der Waals surface area (Å²) in [5, 5.41) is 0. The van der Waals surface area contributed by atoms with Gasteiger partial charge in [-0.25, -0.2) is 8.42 Å². The van der Waals surface area contributed by atoms with Gasteiger partial charge < -0.3 is 0 Å². The monoisotopic (exact) mass is 379 g/mol. The van der Waals surface area contributed by atoms with Crippen molar-refractivity contribution >= 4 is 15.7 Å². The van der Waals surface area contributed by atoms with Crippen LogP contribution in [0.4, 0.5) is 5.69 Å². The first kappa shape index (κ1) is 19.2. The lowest BCUT2D eigenvalue weighted by Crippen LogP contribution is -2.31. The highest BCUT2D eigenvalue weighted by molar-refractivity contribution is 7.92. The molecule has 3 aromatic carbocycles. The number of nitrogens with zero attached hydrogens (tertiary/aromatic N) is 1. The fraction of sp³-hybridized carbons (Fsp3) is 0.217. The van der Waals surface area contributed by atoms with E-state index in [2.05, 4.69) is 0 Å². The fourth-order valence-electron chi connectivity index (χ4n) is 3.09. The summed E-state index contributed by atoms with van der Waals surface area (Å²) >= 11 is 0. The minimum absolute atomic E-state index is 0.299. The van der Waals surface area contributed by atoms with Crippen molar-refractivity contribution in [3.05, 3.63) is 94.5 Å². The van der Waals surface area contributed by atoms with Crippen LogP contribution in [-0.2, 0) is 16.6 Å². The van der Waals surface area contributed by atoms with Gasteiger partial charge in [-0.15, -0.1) is 0 Å². The van der Waals surface area contributed by atoms with Gasteiger partial charge in [-0.3, -0.25) is 4.31 Å². The van der Waals surface area contributed by atoms with Crippen molar-refractivity contribution in [2.75, 3.05) is 4.31 Å². The number of aryl methyl sites for hydroxylation is 3. The lowest BCUT2D eigenvalue weighted by molar-refractivity contribution is 0.590. The Labute approximate surface area is 162 Å². The van der Waals surface area contributed by atoms with Gasteiger partial charge in [0.15, 0.2) is 0 Å². The van der Waals surface area contributed by atoms with E-state index in [4.69, 9.17) is 0 Å². The van der Waals surface area contributed by atoms with Crippen molar-refractivity contribution in [1.82, 2.24) is 0 Å². The molecule has 0 spiro atoms. The summed E-state index contributed by atoms with van der Waals surface area (Å²) in [4.78, 5) is 0.308. The molecule has 3 aromatic rings. The zero-order valence-electron chi connectivity index (χ0n) is 16.2. The van der Waals surface area contributed by atoms with Crippen molar-refractivity contribution in [1.29, 1.82) is 0 Å². The molecule has 0 N–H and O–H groups in total. The van der Waals surface area contributed by atoms with Crippen LogP contribution >= 0.6 is 0 Å². The second kappa shape index (κ2) is 7.57. The van der Waals surface area contributed by atoms with Crippen LogP contribution in [0.5, 0.6) is 0 Å². The van der Waals surface area contributed by atoms with E-state index in [0.29, 0.717) is 11.4 Å². The van der Waals surface area contributed by atoms with Crippen LogP contribution < -0.4 is 4.31 Å². The van der Waals surface area contributed by atoms with E-state index in [1.54, 1.807) is 12.1 Å². The van der Waals surface area contributed by atoms with Gasteiger partial charge in [-0.1, -0.05) is 54.1 Å². The van der Waals surface area contributed by atoms with Gasteiger partial charge >= 0.3 is 0 Å². The van der Waals surface area contributed by atoms with E-state index in [1.165, 1.54) is 4.31 Å². The van der Waals surface area contributed by atoms with Crippen LogP contribution in [0.25, 0.3) is 0 Å². The van der Waals surface area contributed by atoms with E-state index in [1.807, 2.05) is 82.3 Å². The number of benzene rings is 3. The highest BCUT2D eigenvalue weighted by atomic mass is 32.2. The Morgan fingerprint density at radius 1 is 0.741 bits per heavy atom. The van der Waals surface area contributed by atoms with E-state index in [9.17, 15) is 8.42 Å². The molecule has 0 fully saturated rings. The van der Waals surface area contributed by atoms with Crippen LogP contribution in [0.15, 0.2) is 71.6 Å². The smallest absolute Gasteiger partial charge is 0.262 e. The maximum atomic E-state index is 13.5. The fourth-order valence-corrected chi connectivity index (χ4v) is 4.59. The lowest BCUT2D eigenvalue weighted by Gasteiger charge is -2.27. The molecule has 0 atom stereocenters. The number of hydrogen-bond donors (Lipinski definition) is 0.